The maximum atomic E-state index is 13.9. The molecule has 170 valence electrons. The highest BCUT2D eigenvalue weighted by molar-refractivity contribution is 6.36. The fraction of sp³-hybridized carbons (Fsp3) is 0.0833. The molecule has 1 N–H and O–H groups in total. The van der Waals surface area contributed by atoms with E-state index >= 15 is 0 Å². The van der Waals surface area contributed by atoms with Crippen LogP contribution in [0.4, 0.5) is 10.1 Å². The Morgan fingerprint density at radius 1 is 1.00 bits per heavy atom. The SMILES string of the molecule is CCOC(=O)/C(C=Nc1ccc(Oc2ccc(Cl)cc2)cc1)=C(\O)c1cc(F)c(Cl)cc1Cl. The molecule has 9 heteroatoms. The Morgan fingerprint density at radius 3 is 2.21 bits per heavy atom. The van der Waals surface area contributed by atoms with Crippen LogP contribution < -0.4 is 4.74 Å². The summed E-state index contributed by atoms with van der Waals surface area (Å²) in [5.74, 6) is -1.09. The number of halogens is 4. The van der Waals surface area contributed by atoms with Gasteiger partial charge in [-0.3, -0.25) is 4.99 Å². The normalized spacial score (nSPS) is 11.9. The Bertz CT molecular complexity index is 1210. The van der Waals surface area contributed by atoms with Crippen molar-refractivity contribution in [2.24, 2.45) is 4.99 Å². The van der Waals surface area contributed by atoms with Gasteiger partial charge in [0.25, 0.3) is 0 Å². The average molecular weight is 509 g/mol. The average Bonchev–Trinajstić information content (AvgIpc) is 2.79. The predicted molar refractivity (Wildman–Crippen MR) is 129 cm³/mol. The van der Waals surface area contributed by atoms with Crippen LogP contribution in [0.25, 0.3) is 5.76 Å². The van der Waals surface area contributed by atoms with Gasteiger partial charge in [0.15, 0.2) is 0 Å². The van der Waals surface area contributed by atoms with E-state index in [0.717, 1.165) is 18.3 Å². The van der Waals surface area contributed by atoms with E-state index in [1.54, 1.807) is 55.5 Å². The van der Waals surface area contributed by atoms with Crippen LogP contribution in [0.15, 0.2) is 71.2 Å². The first kappa shape index (κ1) is 24.6. The first-order chi connectivity index (χ1) is 15.8. The van der Waals surface area contributed by atoms with Gasteiger partial charge in [0.05, 0.1) is 22.3 Å². The molecule has 0 aliphatic heterocycles. The molecule has 0 spiro atoms. The van der Waals surface area contributed by atoms with E-state index in [4.69, 9.17) is 44.3 Å². The summed E-state index contributed by atoms with van der Waals surface area (Å²) in [4.78, 5) is 16.6. The summed E-state index contributed by atoms with van der Waals surface area (Å²) in [5, 5.41) is 11.0. The Morgan fingerprint density at radius 2 is 1.61 bits per heavy atom. The molecule has 0 atom stereocenters. The molecule has 3 rings (SSSR count). The highest BCUT2D eigenvalue weighted by Crippen LogP contribution is 2.30. The van der Waals surface area contributed by atoms with E-state index in [9.17, 15) is 14.3 Å². The molecule has 0 aromatic heterocycles. The van der Waals surface area contributed by atoms with Crippen molar-refractivity contribution in [3.05, 3.63) is 92.7 Å². The monoisotopic (exact) mass is 507 g/mol. The first-order valence-corrected chi connectivity index (χ1v) is 10.7. The van der Waals surface area contributed by atoms with E-state index in [-0.39, 0.29) is 27.8 Å². The summed E-state index contributed by atoms with van der Waals surface area (Å²) in [6, 6.07) is 15.6. The van der Waals surface area contributed by atoms with E-state index in [2.05, 4.69) is 4.99 Å². The minimum Gasteiger partial charge on any atom is -0.506 e. The lowest BCUT2D eigenvalue weighted by Gasteiger charge is -2.09. The zero-order valence-electron chi connectivity index (χ0n) is 17.2. The smallest absolute Gasteiger partial charge is 0.343 e. The second kappa shape index (κ2) is 11.2. The first-order valence-electron chi connectivity index (χ1n) is 9.61. The molecular formula is C24H17Cl3FNO4. The molecule has 0 saturated carbocycles. The lowest BCUT2D eigenvalue weighted by Crippen LogP contribution is -2.11. The van der Waals surface area contributed by atoms with Crippen LogP contribution in [0.2, 0.25) is 15.1 Å². The maximum absolute atomic E-state index is 13.9. The van der Waals surface area contributed by atoms with E-state index in [1.165, 1.54) is 0 Å². The van der Waals surface area contributed by atoms with Gasteiger partial charge >= 0.3 is 5.97 Å². The summed E-state index contributed by atoms with van der Waals surface area (Å²) in [5.41, 5.74) is 0.0307. The van der Waals surface area contributed by atoms with Gasteiger partial charge < -0.3 is 14.6 Å². The van der Waals surface area contributed by atoms with Gasteiger partial charge in [0, 0.05) is 16.8 Å². The van der Waals surface area contributed by atoms with Crippen LogP contribution in [0.5, 0.6) is 11.5 Å². The maximum Gasteiger partial charge on any atom is 0.343 e. The van der Waals surface area contributed by atoms with Crippen LogP contribution in [-0.2, 0) is 9.53 Å². The summed E-state index contributed by atoms with van der Waals surface area (Å²) in [7, 11) is 0. The van der Waals surface area contributed by atoms with E-state index in [0.29, 0.717) is 22.2 Å². The molecule has 33 heavy (non-hydrogen) atoms. The molecule has 0 aliphatic carbocycles. The molecule has 5 nitrogen and oxygen atoms in total. The van der Waals surface area contributed by atoms with E-state index < -0.39 is 17.5 Å². The molecule has 0 radical (unpaired) electrons. The van der Waals surface area contributed by atoms with Gasteiger partial charge in [-0.15, -0.1) is 0 Å². The molecular weight excluding hydrogens is 492 g/mol. The highest BCUT2D eigenvalue weighted by Gasteiger charge is 2.20. The highest BCUT2D eigenvalue weighted by atomic mass is 35.5. The van der Waals surface area contributed by atoms with Crippen LogP contribution in [0.3, 0.4) is 0 Å². The van der Waals surface area contributed by atoms with Crippen molar-refractivity contribution in [1.29, 1.82) is 0 Å². The van der Waals surface area contributed by atoms with Crippen molar-refractivity contribution in [3.8, 4) is 11.5 Å². The van der Waals surface area contributed by atoms with Gasteiger partial charge in [-0.2, -0.15) is 0 Å². The number of benzene rings is 3. The number of aliphatic hydroxyl groups is 1. The Labute approximate surface area is 204 Å². The fourth-order valence-electron chi connectivity index (χ4n) is 2.65. The van der Waals surface area contributed by atoms with Crippen molar-refractivity contribution < 1.29 is 23.8 Å². The topological polar surface area (TPSA) is 68.1 Å². The molecule has 3 aromatic carbocycles. The molecule has 0 saturated heterocycles. The van der Waals surface area contributed by atoms with Gasteiger partial charge in [-0.25, -0.2) is 9.18 Å². The summed E-state index contributed by atoms with van der Waals surface area (Å²) in [6.07, 6.45) is 1.12. The second-order valence-corrected chi connectivity index (χ2v) is 7.79. The van der Waals surface area contributed by atoms with Crippen LogP contribution in [0, 0.1) is 5.82 Å². The number of nitrogens with zero attached hydrogens (tertiary/aromatic N) is 1. The van der Waals surface area contributed by atoms with E-state index in [1.807, 2.05) is 0 Å². The number of carbonyl (C=O) groups is 1. The van der Waals surface area contributed by atoms with Crippen molar-refractivity contribution in [2.75, 3.05) is 6.61 Å². The fourth-order valence-corrected chi connectivity index (χ4v) is 3.25. The number of rotatable bonds is 7. The number of ether oxygens (including phenoxy) is 2. The van der Waals surface area contributed by atoms with Crippen molar-refractivity contribution >= 4 is 58.4 Å². The number of aliphatic imine (C=N–C) groups is 1. The van der Waals surface area contributed by atoms with Gasteiger partial charge in [0.2, 0.25) is 0 Å². The number of esters is 1. The quantitative estimate of drug-likeness (QED) is 0.116. The number of aliphatic hydroxyl groups excluding tert-OH is 1. The Kier molecular flexibility index (Phi) is 8.33. The molecule has 0 heterocycles. The minimum atomic E-state index is -0.854. The van der Waals surface area contributed by atoms with Gasteiger partial charge in [-0.1, -0.05) is 34.8 Å². The third-order valence-electron chi connectivity index (χ3n) is 4.24. The number of hydrogen-bond donors (Lipinski definition) is 1. The standard InChI is InChI=1S/C24H17Cl3FNO4/c1-2-32-24(31)19(23(30)18-11-22(28)21(27)12-20(18)26)13-29-15-5-9-17(10-6-15)33-16-7-3-14(25)4-8-16/h3-13,30H,2H2,1H3/b23-19-,29-13?. The van der Waals surface area contributed by atoms with Crippen molar-refractivity contribution in [1.82, 2.24) is 0 Å². The van der Waals surface area contributed by atoms with Crippen LogP contribution >= 0.6 is 34.8 Å². The number of carbonyl (C=O) groups excluding carboxylic acids is 1. The van der Waals surface area contributed by atoms with Crippen molar-refractivity contribution in [3.63, 3.8) is 0 Å². The Hall–Kier alpha value is -3.06. The van der Waals surface area contributed by atoms with Gasteiger partial charge in [-0.05, 0) is 67.6 Å². The predicted octanol–water partition coefficient (Wildman–Crippen LogP) is 7.81. The van der Waals surface area contributed by atoms with Crippen LogP contribution in [0.1, 0.15) is 12.5 Å². The zero-order chi connectivity index (χ0) is 24.0. The van der Waals surface area contributed by atoms with Gasteiger partial charge in [0.1, 0.15) is 28.6 Å². The summed E-state index contributed by atoms with van der Waals surface area (Å²) >= 11 is 17.6. The third-order valence-corrected chi connectivity index (χ3v) is 5.10. The van der Waals surface area contributed by atoms with Crippen molar-refractivity contribution in [2.45, 2.75) is 6.92 Å². The number of hydrogen-bond acceptors (Lipinski definition) is 5. The lowest BCUT2D eigenvalue weighted by molar-refractivity contribution is -0.137. The second-order valence-electron chi connectivity index (χ2n) is 6.54. The minimum absolute atomic E-state index is 0.0437. The molecule has 0 unspecified atom stereocenters. The molecule has 0 bridgehead atoms. The molecule has 3 aromatic rings. The Balaban J connectivity index is 1.88. The lowest BCUT2D eigenvalue weighted by atomic mass is 10.1. The molecule has 0 fully saturated rings. The molecule has 0 aliphatic rings. The summed E-state index contributed by atoms with van der Waals surface area (Å²) < 4.78 is 24.6. The molecule has 0 amide bonds. The van der Waals surface area contributed by atoms with Crippen LogP contribution in [-0.4, -0.2) is 23.9 Å². The third kappa shape index (κ3) is 6.48. The summed E-state index contributed by atoms with van der Waals surface area (Å²) in [6.45, 7) is 1.67. The largest absolute Gasteiger partial charge is 0.506 e. The zero-order valence-corrected chi connectivity index (χ0v) is 19.5.